The van der Waals surface area contributed by atoms with Crippen LogP contribution >= 0.6 is 0 Å². The Labute approximate surface area is 106 Å². The third-order valence-electron chi connectivity index (χ3n) is 5.90. The molecule has 2 bridgehead atoms. The molecule has 1 N–H and O–H groups in total. The molecule has 0 aliphatic heterocycles. The average Bonchev–Trinajstić information content (AvgIpc) is 2.77. The minimum atomic E-state index is 0.498. The lowest BCUT2D eigenvalue weighted by molar-refractivity contribution is 0.102. The van der Waals surface area contributed by atoms with E-state index in [1.807, 2.05) is 0 Å². The molecule has 96 valence electrons. The van der Waals surface area contributed by atoms with Crippen molar-refractivity contribution in [1.82, 2.24) is 5.32 Å². The predicted octanol–water partition coefficient (Wildman–Crippen LogP) is 3.90. The van der Waals surface area contributed by atoms with Crippen LogP contribution in [0.15, 0.2) is 12.2 Å². The van der Waals surface area contributed by atoms with E-state index in [0.29, 0.717) is 16.9 Å². The SMILES string of the molecule is CC12CCC(C1)C(C)(C)C2NC1C=CCCC1. The van der Waals surface area contributed by atoms with E-state index in [1.165, 1.54) is 38.5 Å². The summed E-state index contributed by atoms with van der Waals surface area (Å²) in [6.07, 6.45) is 13.1. The van der Waals surface area contributed by atoms with Crippen LogP contribution in [0.5, 0.6) is 0 Å². The van der Waals surface area contributed by atoms with Gasteiger partial charge in [-0.1, -0.05) is 32.9 Å². The molecule has 0 aromatic heterocycles. The summed E-state index contributed by atoms with van der Waals surface area (Å²) >= 11 is 0. The molecule has 3 aliphatic carbocycles. The maximum absolute atomic E-state index is 3.99. The van der Waals surface area contributed by atoms with Crippen molar-refractivity contribution in [2.75, 3.05) is 0 Å². The highest BCUT2D eigenvalue weighted by Gasteiger charge is 2.59. The molecule has 3 aliphatic rings. The van der Waals surface area contributed by atoms with Crippen molar-refractivity contribution in [2.24, 2.45) is 16.7 Å². The Balaban J connectivity index is 1.77. The van der Waals surface area contributed by atoms with Crippen LogP contribution in [0.4, 0.5) is 0 Å². The molecule has 1 nitrogen and oxygen atoms in total. The number of allylic oxidation sites excluding steroid dienone is 1. The van der Waals surface area contributed by atoms with Crippen LogP contribution in [-0.4, -0.2) is 12.1 Å². The van der Waals surface area contributed by atoms with Gasteiger partial charge in [0.15, 0.2) is 0 Å². The van der Waals surface area contributed by atoms with E-state index in [9.17, 15) is 0 Å². The van der Waals surface area contributed by atoms with E-state index in [-0.39, 0.29) is 0 Å². The molecular weight excluding hydrogens is 206 g/mol. The van der Waals surface area contributed by atoms with Gasteiger partial charge in [0.2, 0.25) is 0 Å². The third-order valence-corrected chi connectivity index (χ3v) is 5.90. The Kier molecular flexibility index (Phi) is 2.66. The smallest absolute Gasteiger partial charge is 0.0253 e. The van der Waals surface area contributed by atoms with Gasteiger partial charge in [-0.15, -0.1) is 0 Å². The molecule has 2 fully saturated rings. The molecule has 3 rings (SSSR count). The highest BCUT2D eigenvalue weighted by molar-refractivity contribution is 5.14. The molecule has 17 heavy (non-hydrogen) atoms. The van der Waals surface area contributed by atoms with Crippen molar-refractivity contribution in [1.29, 1.82) is 0 Å². The number of fused-ring (bicyclic) bond motifs is 2. The first kappa shape index (κ1) is 11.8. The molecule has 0 spiro atoms. The van der Waals surface area contributed by atoms with Gasteiger partial charge in [0.25, 0.3) is 0 Å². The first-order valence-corrected chi connectivity index (χ1v) is 7.45. The van der Waals surface area contributed by atoms with E-state index < -0.39 is 0 Å². The molecule has 2 saturated carbocycles. The van der Waals surface area contributed by atoms with Gasteiger partial charge in [0.1, 0.15) is 0 Å². The van der Waals surface area contributed by atoms with Gasteiger partial charge in [-0.3, -0.25) is 0 Å². The molecule has 0 aromatic rings. The van der Waals surface area contributed by atoms with Crippen LogP contribution in [0.1, 0.15) is 59.3 Å². The number of rotatable bonds is 2. The lowest BCUT2D eigenvalue weighted by Crippen LogP contribution is -2.53. The molecule has 0 radical (unpaired) electrons. The predicted molar refractivity (Wildman–Crippen MR) is 72.9 cm³/mol. The van der Waals surface area contributed by atoms with Crippen LogP contribution in [0, 0.1) is 16.7 Å². The van der Waals surface area contributed by atoms with Gasteiger partial charge < -0.3 is 5.32 Å². The molecule has 0 amide bonds. The van der Waals surface area contributed by atoms with E-state index in [0.717, 1.165) is 12.0 Å². The summed E-state index contributed by atoms with van der Waals surface area (Å²) in [6, 6.07) is 1.37. The Hall–Kier alpha value is -0.300. The fourth-order valence-corrected chi connectivity index (χ4v) is 4.88. The standard InChI is InChI=1S/C16H27N/c1-15(2)12-9-10-16(3,11-12)14(15)17-13-7-5-4-6-8-13/h5,7,12-14,17H,4,6,8-11H2,1-3H3. The Morgan fingerprint density at radius 3 is 2.59 bits per heavy atom. The van der Waals surface area contributed by atoms with Crippen molar-refractivity contribution in [3.05, 3.63) is 12.2 Å². The van der Waals surface area contributed by atoms with Gasteiger partial charge in [0.05, 0.1) is 0 Å². The summed E-state index contributed by atoms with van der Waals surface area (Å²) in [5, 5.41) is 3.99. The molecule has 0 aromatic carbocycles. The maximum Gasteiger partial charge on any atom is 0.0253 e. The van der Waals surface area contributed by atoms with Crippen molar-refractivity contribution in [3.8, 4) is 0 Å². The topological polar surface area (TPSA) is 12.0 Å². The third kappa shape index (κ3) is 1.78. The molecule has 4 unspecified atom stereocenters. The monoisotopic (exact) mass is 233 g/mol. The average molecular weight is 233 g/mol. The first-order valence-electron chi connectivity index (χ1n) is 7.45. The fourth-order valence-electron chi connectivity index (χ4n) is 4.88. The van der Waals surface area contributed by atoms with Crippen molar-refractivity contribution >= 4 is 0 Å². The Bertz CT molecular complexity index is 326. The second-order valence-corrected chi connectivity index (χ2v) is 7.48. The zero-order valence-electron chi connectivity index (χ0n) is 11.6. The van der Waals surface area contributed by atoms with E-state index in [1.54, 1.807) is 0 Å². The van der Waals surface area contributed by atoms with E-state index >= 15 is 0 Å². The van der Waals surface area contributed by atoms with Gasteiger partial charge in [-0.25, -0.2) is 0 Å². The fraction of sp³-hybridized carbons (Fsp3) is 0.875. The first-order chi connectivity index (χ1) is 8.02. The summed E-state index contributed by atoms with van der Waals surface area (Å²) in [6.45, 7) is 7.50. The highest BCUT2D eigenvalue weighted by Crippen LogP contribution is 2.62. The molecule has 0 saturated heterocycles. The van der Waals surface area contributed by atoms with Gasteiger partial charge in [0, 0.05) is 12.1 Å². The van der Waals surface area contributed by atoms with Crippen LogP contribution in [0.3, 0.4) is 0 Å². The van der Waals surface area contributed by atoms with Crippen LogP contribution < -0.4 is 5.32 Å². The zero-order chi connectivity index (χ0) is 12.1. The maximum atomic E-state index is 3.99. The van der Waals surface area contributed by atoms with E-state index in [2.05, 4.69) is 38.2 Å². The minimum Gasteiger partial charge on any atom is -0.307 e. The van der Waals surface area contributed by atoms with Gasteiger partial charge in [-0.2, -0.15) is 0 Å². The van der Waals surface area contributed by atoms with Crippen molar-refractivity contribution in [3.63, 3.8) is 0 Å². The molecular formula is C16H27N. The lowest BCUT2D eigenvalue weighted by Gasteiger charge is -2.45. The van der Waals surface area contributed by atoms with Crippen LogP contribution in [0.2, 0.25) is 0 Å². The summed E-state index contributed by atoms with van der Waals surface area (Å²) in [7, 11) is 0. The van der Waals surface area contributed by atoms with Crippen LogP contribution in [-0.2, 0) is 0 Å². The minimum absolute atomic E-state index is 0.498. The van der Waals surface area contributed by atoms with Gasteiger partial charge in [-0.05, 0) is 55.3 Å². The van der Waals surface area contributed by atoms with Crippen LogP contribution in [0.25, 0.3) is 0 Å². The largest absolute Gasteiger partial charge is 0.307 e. The highest BCUT2D eigenvalue weighted by atomic mass is 15.0. The second kappa shape index (κ2) is 3.85. The summed E-state index contributed by atoms with van der Waals surface area (Å²) in [4.78, 5) is 0. The summed E-state index contributed by atoms with van der Waals surface area (Å²) in [5.74, 6) is 0.956. The van der Waals surface area contributed by atoms with Crippen molar-refractivity contribution < 1.29 is 0 Å². The molecule has 4 atom stereocenters. The molecule has 1 heteroatoms. The number of hydrogen-bond donors (Lipinski definition) is 1. The quantitative estimate of drug-likeness (QED) is 0.713. The Morgan fingerprint density at radius 1 is 1.18 bits per heavy atom. The summed E-state index contributed by atoms with van der Waals surface area (Å²) < 4.78 is 0. The van der Waals surface area contributed by atoms with Crippen molar-refractivity contribution in [2.45, 2.75) is 71.4 Å². The number of nitrogens with one attached hydrogen (secondary N) is 1. The Morgan fingerprint density at radius 2 is 2.00 bits per heavy atom. The zero-order valence-corrected chi connectivity index (χ0v) is 11.6. The second-order valence-electron chi connectivity index (χ2n) is 7.48. The summed E-state index contributed by atoms with van der Waals surface area (Å²) in [5.41, 5.74) is 1.07. The normalized spacial score (nSPS) is 47.6. The molecule has 0 heterocycles. The number of hydrogen-bond acceptors (Lipinski definition) is 1. The lowest BCUT2D eigenvalue weighted by atomic mass is 9.68. The van der Waals surface area contributed by atoms with E-state index in [4.69, 9.17) is 0 Å². The van der Waals surface area contributed by atoms with Gasteiger partial charge >= 0.3 is 0 Å².